The lowest BCUT2D eigenvalue weighted by Crippen LogP contribution is -2.06. The van der Waals surface area contributed by atoms with Gasteiger partial charge in [0.2, 0.25) is 0 Å². The van der Waals surface area contributed by atoms with Crippen LogP contribution in [0, 0.1) is 12.7 Å². The Morgan fingerprint density at radius 3 is 2.61 bits per heavy atom. The van der Waals surface area contributed by atoms with Crippen LogP contribution in [0.2, 0.25) is 0 Å². The predicted octanol–water partition coefficient (Wildman–Crippen LogP) is 2.22. The predicted molar refractivity (Wildman–Crippen MR) is 63.5 cm³/mol. The lowest BCUT2D eigenvalue weighted by atomic mass is 10.2. The van der Waals surface area contributed by atoms with Crippen LogP contribution in [0.4, 0.5) is 4.39 Å². The van der Waals surface area contributed by atoms with Gasteiger partial charge in [0.15, 0.2) is 0 Å². The standard InChI is InChI=1S/C13H13FN2O2/c1-9-12(7-15-16(9)2)13(17)18-8-10-3-5-11(14)6-4-10/h3-7H,8H2,1-2H3. The van der Waals surface area contributed by atoms with Crippen LogP contribution in [0.5, 0.6) is 0 Å². The first-order valence-corrected chi connectivity index (χ1v) is 5.48. The molecule has 0 saturated heterocycles. The largest absolute Gasteiger partial charge is 0.457 e. The van der Waals surface area contributed by atoms with Crippen LogP contribution < -0.4 is 0 Å². The lowest BCUT2D eigenvalue weighted by molar-refractivity contribution is 0.0471. The molecule has 5 heteroatoms. The van der Waals surface area contributed by atoms with E-state index in [1.165, 1.54) is 18.3 Å². The summed E-state index contributed by atoms with van der Waals surface area (Å²) < 4.78 is 19.4. The summed E-state index contributed by atoms with van der Waals surface area (Å²) in [5, 5.41) is 3.97. The van der Waals surface area contributed by atoms with Gasteiger partial charge in [-0.2, -0.15) is 5.10 Å². The molecule has 0 aliphatic carbocycles. The van der Waals surface area contributed by atoms with Crippen molar-refractivity contribution < 1.29 is 13.9 Å². The molecular weight excluding hydrogens is 235 g/mol. The summed E-state index contributed by atoms with van der Waals surface area (Å²) in [5.74, 6) is -0.738. The van der Waals surface area contributed by atoms with Gasteiger partial charge in [-0.1, -0.05) is 12.1 Å². The second-order valence-electron chi connectivity index (χ2n) is 3.97. The van der Waals surface area contributed by atoms with Crippen molar-refractivity contribution in [2.24, 2.45) is 7.05 Å². The minimum atomic E-state index is -0.426. The Kier molecular flexibility index (Phi) is 3.41. The maximum absolute atomic E-state index is 12.7. The zero-order valence-corrected chi connectivity index (χ0v) is 10.2. The monoisotopic (exact) mass is 248 g/mol. The van der Waals surface area contributed by atoms with E-state index in [0.29, 0.717) is 5.56 Å². The summed E-state index contributed by atoms with van der Waals surface area (Å²) >= 11 is 0. The van der Waals surface area contributed by atoms with Crippen molar-refractivity contribution in [3.05, 3.63) is 53.1 Å². The highest BCUT2D eigenvalue weighted by atomic mass is 19.1. The van der Waals surface area contributed by atoms with Crippen molar-refractivity contribution in [1.29, 1.82) is 0 Å². The Hall–Kier alpha value is -2.17. The molecular formula is C13H13FN2O2. The Balaban J connectivity index is 2.00. The van der Waals surface area contributed by atoms with E-state index in [1.54, 1.807) is 30.8 Å². The zero-order valence-electron chi connectivity index (χ0n) is 10.2. The number of ether oxygens (including phenoxy) is 1. The number of aryl methyl sites for hydroxylation is 1. The van der Waals surface area contributed by atoms with Crippen LogP contribution in [0.25, 0.3) is 0 Å². The van der Waals surface area contributed by atoms with Gasteiger partial charge < -0.3 is 4.74 Å². The number of benzene rings is 1. The summed E-state index contributed by atoms with van der Waals surface area (Å²) in [5.41, 5.74) is 1.94. The molecule has 0 saturated carbocycles. The Morgan fingerprint density at radius 1 is 1.39 bits per heavy atom. The number of carbonyl (C=O) groups is 1. The summed E-state index contributed by atoms with van der Waals surface area (Å²) in [6.45, 7) is 1.91. The van der Waals surface area contributed by atoms with Gasteiger partial charge in [-0.3, -0.25) is 4.68 Å². The Labute approximate surface area is 104 Å². The average molecular weight is 248 g/mol. The third-order valence-corrected chi connectivity index (χ3v) is 2.74. The number of halogens is 1. The normalized spacial score (nSPS) is 10.4. The quantitative estimate of drug-likeness (QED) is 0.782. The van der Waals surface area contributed by atoms with Gasteiger partial charge in [0, 0.05) is 12.7 Å². The summed E-state index contributed by atoms with van der Waals surface area (Å²) in [6.07, 6.45) is 1.47. The Morgan fingerprint density at radius 2 is 2.06 bits per heavy atom. The van der Waals surface area contributed by atoms with Crippen molar-refractivity contribution in [1.82, 2.24) is 9.78 Å². The van der Waals surface area contributed by atoms with E-state index in [-0.39, 0.29) is 12.4 Å². The fraction of sp³-hybridized carbons (Fsp3) is 0.231. The number of hydrogen-bond acceptors (Lipinski definition) is 3. The molecule has 1 heterocycles. The molecule has 0 aliphatic heterocycles. The average Bonchev–Trinajstić information content (AvgIpc) is 2.69. The SMILES string of the molecule is Cc1c(C(=O)OCc2ccc(F)cc2)cnn1C. The van der Waals surface area contributed by atoms with E-state index in [2.05, 4.69) is 5.10 Å². The molecule has 0 radical (unpaired) electrons. The molecule has 0 aliphatic rings. The van der Waals surface area contributed by atoms with E-state index in [4.69, 9.17) is 4.74 Å². The number of hydrogen-bond donors (Lipinski definition) is 0. The minimum Gasteiger partial charge on any atom is -0.457 e. The van der Waals surface area contributed by atoms with Crippen molar-refractivity contribution in [2.45, 2.75) is 13.5 Å². The number of aromatic nitrogens is 2. The third kappa shape index (κ3) is 2.56. The Bertz CT molecular complexity index is 561. The molecule has 0 unspecified atom stereocenters. The van der Waals surface area contributed by atoms with Gasteiger partial charge in [-0.05, 0) is 24.6 Å². The molecule has 1 aromatic carbocycles. The van der Waals surface area contributed by atoms with Gasteiger partial charge >= 0.3 is 5.97 Å². The first kappa shape index (κ1) is 12.3. The van der Waals surface area contributed by atoms with Crippen LogP contribution in [0.3, 0.4) is 0 Å². The number of esters is 1. The smallest absolute Gasteiger partial charge is 0.341 e. The van der Waals surface area contributed by atoms with E-state index in [9.17, 15) is 9.18 Å². The highest BCUT2D eigenvalue weighted by Crippen LogP contribution is 2.10. The van der Waals surface area contributed by atoms with Crippen LogP contribution in [0.15, 0.2) is 30.5 Å². The fourth-order valence-electron chi connectivity index (χ4n) is 1.51. The number of carbonyl (C=O) groups excluding carboxylic acids is 1. The highest BCUT2D eigenvalue weighted by Gasteiger charge is 2.14. The van der Waals surface area contributed by atoms with Crippen molar-refractivity contribution in [2.75, 3.05) is 0 Å². The molecule has 2 rings (SSSR count). The summed E-state index contributed by atoms with van der Waals surface area (Å²) in [6, 6.07) is 5.83. The van der Waals surface area contributed by atoms with Crippen molar-refractivity contribution in [3.63, 3.8) is 0 Å². The zero-order chi connectivity index (χ0) is 13.1. The first-order valence-electron chi connectivity index (χ1n) is 5.48. The van der Waals surface area contributed by atoms with E-state index >= 15 is 0 Å². The second-order valence-corrected chi connectivity index (χ2v) is 3.97. The van der Waals surface area contributed by atoms with Gasteiger partial charge in [-0.15, -0.1) is 0 Å². The van der Waals surface area contributed by atoms with Gasteiger partial charge in [-0.25, -0.2) is 9.18 Å². The molecule has 0 fully saturated rings. The van der Waals surface area contributed by atoms with E-state index in [1.807, 2.05) is 0 Å². The molecule has 0 atom stereocenters. The van der Waals surface area contributed by atoms with Gasteiger partial charge in [0.25, 0.3) is 0 Å². The maximum Gasteiger partial charge on any atom is 0.341 e. The molecule has 0 N–H and O–H groups in total. The molecule has 4 nitrogen and oxygen atoms in total. The van der Waals surface area contributed by atoms with Crippen LogP contribution in [-0.4, -0.2) is 15.7 Å². The molecule has 2 aromatic rings. The number of rotatable bonds is 3. The molecule has 0 amide bonds. The summed E-state index contributed by atoms with van der Waals surface area (Å²) in [7, 11) is 1.76. The van der Waals surface area contributed by atoms with Crippen LogP contribution >= 0.6 is 0 Å². The second kappa shape index (κ2) is 5.00. The molecule has 18 heavy (non-hydrogen) atoms. The maximum atomic E-state index is 12.7. The fourth-order valence-corrected chi connectivity index (χ4v) is 1.51. The molecule has 0 bridgehead atoms. The van der Waals surface area contributed by atoms with Crippen LogP contribution in [-0.2, 0) is 18.4 Å². The van der Waals surface area contributed by atoms with Crippen LogP contribution in [0.1, 0.15) is 21.6 Å². The third-order valence-electron chi connectivity index (χ3n) is 2.74. The summed E-state index contributed by atoms with van der Waals surface area (Å²) in [4.78, 5) is 11.8. The van der Waals surface area contributed by atoms with Crippen molar-refractivity contribution in [3.8, 4) is 0 Å². The van der Waals surface area contributed by atoms with Gasteiger partial charge in [0.1, 0.15) is 18.0 Å². The lowest BCUT2D eigenvalue weighted by Gasteiger charge is -2.04. The highest BCUT2D eigenvalue weighted by molar-refractivity contribution is 5.90. The topological polar surface area (TPSA) is 44.1 Å². The molecule has 0 spiro atoms. The van der Waals surface area contributed by atoms with E-state index in [0.717, 1.165) is 11.3 Å². The minimum absolute atomic E-state index is 0.118. The van der Waals surface area contributed by atoms with Crippen molar-refractivity contribution >= 4 is 5.97 Å². The number of nitrogens with zero attached hydrogens (tertiary/aromatic N) is 2. The molecule has 94 valence electrons. The first-order chi connectivity index (χ1) is 8.58. The molecule has 1 aromatic heterocycles. The van der Waals surface area contributed by atoms with Gasteiger partial charge in [0.05, 0.1) is 6.20 Å². The van der Waals surface area contributed by atoms with E-state index < -0.39 is 5.97 Å².